The van der Waals surface area contributed by atoms with E-state index >= 15 is 0 Å². The van der Waals surface area contributed by atoms with E-state index < -0.39 is 18.2 Å². The quantitative estimate of drug-likeness (QED) is 0.0417. The fourth-order valence-electron chi connectivity index (χ4n) is 9.67. The van der Waals surface area contributed by atoms with Crippen molar-refractivity contribution in [3.05, 3.63) is 0 Å². The van der Waals surface area contributed by atoms with Crippen molar-refractivity contribution in [1.29, 1.82) is 0 Å². The summed E-state index contributed by atoms with van der Waals surface area (Å²) in [5, 5.41) is 23.9. The third-order valence-corrected chi connectivity index (χ3v) is 14.2. The van der Waals surface area contributed by atoms with Crippen LogP contribution in [0.4, 0.5) is 0 Å². The lowest BCUT2D eigenvalue weighted by molar-refractivity contribution is -0.151. The largest absolute Gasteiger partial charge is 0.462 e. The van der Waals surface area contributed by atoms with Crippen LogP contribution in [0, 0.1) is 0 Å². The second-order valence-corrected chi connectivity index (χ2v) is 20.8. The molecule has 0 aromatic heterocycles. The van der Waals surface area contributed by atoms with Crippen LogP contribution in [-0.2, 0) is 14.3 Å². The van der Waals surface area contributed by atoms with Crippen LogP contribution in [0.3, 0.4) is 0 Å². The van der Waals surface area contributed by atoms with Gasteiger partial charge in [-0.05, 0) is 25.7 Å². The van der Waals surface area contributed by atoms with E-state index in [0.29, 0.717) is 19.3 Å². The summed E-state index contributed by atoms with van der Waals surface area (Å²) in [6.07, 6.45) is 60.3. The van der Waals surface area contributed by atoms with Crippen LogP contribution in [0.25, 0.3) is 0 Å². The number of hydrogen-bond donors (Lipinski definition) is 3. The minimum absolute atomic E-state index is 0.0883. The zero-order valence-electron chi connectivity index (χ0n) is 44.4. The number of nitrogens with one attached hydrogen (secondary N) is 1. The normalized spacial score (nSPS) is 13.0. The standard InChI is InChI=1S/C59H117NO5/c1-4-7-10-13-16-19-22-24-26-28-30-32-34-37-40-43-46-49-52-59(64)65-55(50-47-44-41-38-35-21-18-15-12-9-6-3)53-58(63)60-56(54-61)57(62)51-48-45-42-39-36-33-31-29-27-25-23-20-17-14-11-8-5-2/h55-57,61-62H,4-54H2,1-3H3,(H,60,63). The van der Waals surface area contributed by atoms with Gasteiger partial charge in [0, 0.05) is 6.42 Å². The number of carbonyl (C=O) groups is 2. The summed E-state index contributed by atoms with van der Waals surface area (Å²) in [7, 11) is 0. The number of aliphatic hydroxyl groups is 2. The van der Waals surface area contributed by atoms with E-state index in [1.54, 1.807) is 0 Å². The van der Waals surface area contributed by atoms with Gasteiger partial charge < -0.3 is 20.3 Å². The van der Waals surface area contributed by atoms with Crippen LogP contribution >= 0.6 is 0 Å². The molecule has 0 saturated carbocycles. The molecule has 3 N–H and O–H groups in total. The maximum Gasteiger partial charge on any atom is 0.306 e. The summed E-state index contributed by atoms with van der Waals surface area (Å²) in [6, 6.07) is -0.693. The second kappa shape index (κ2) is 53.8. The molecule has 0 saturated heterocycles. The zero-order chi connectivity index (χ0) is 47.4. The summed E-state index contributed by atoms with van der Waals surface area (Å²) < 4.78 is 5.96. The number of esters is 1. The smallest absolute Gasteiger partial charge is 0.306 e. The molecule has 0 aliphatic rings. The van der Waals surface area contributed by atoms with E-state index in [4.69, 9.17) is 4.74 Å². The summed E-state index contributed by atoms with van der Waals surface area (Å²) in [5.74, 6) is -0.445. The highest BCUT2D eigenvalue weighted by molar-refractivity contribution is 5.77. The highest BCUT2D eigenvalue weighted by Gasteiger charge is 2.24. The predicted octanol–water partition coefficient (Wildman–Crippen LogP) is 18.3. The lowest BCUT2D eigenvalue weighted by Gasteiger charge is -2.24. The summed E-state index contributed by atoms with van der Waals surface area (Å²) in [6.45, 7) is 6.54. The molecule has 0 spiro atoms. The Bertz CT molecular complexity index is 944. The van der Waals surface area contributed by atoms with Crippen molar-refractivity contribution >= 4 is 11.9 Å². The minimum atomic E-state index is -0.780. The van der Waals surface area contributed by atoms with Gasteiger partial charge >= 0.3 is 5.97 Å². The molecule has 3 unspecified atom stereocenters. The molecule has 65 heavy (non-hydrogen) atoms. The van der Waals surface area contributed by atoms with Crippen molar-refractivity contribution in [3.8, 4) is 0 Å². The number of carbonyl (C=O) groups excluding carboxylic acids is 2. The number of rotatable bonds is 55. The van der Waals surface area contributed by atoms with Crippen LogP contribution in [0.15, 0.2) is 0 Å². The number of aliphatic hydroxyl groups excluding tert-OH is 2. The molecule has 6 heteroatoms. The van der Waals surface area contributed by atoms with Crippen LogP contribution in [-0.4, -0.2) is 46.9 Å². The van der Waals surface area contributed by atoms with Gasteiger partial charge in [0.15, 0.2) is 0 Å². The minimum Gasteiger partial charge on any atom is -0.462 e. The molecule has 1 amide bonds. The fourth-order valence-corrected chi connectivity index (χ4v) is 9.67. The third kappa shape index (κ3) is 49.1. The number of hydrogen-bond acceptors (Lipinski definition) is 5. The Labute approximate surface area is 406 Å². The summed E-state index contributed by atoms with van der Waals surface area (Å²) in [4.78, 5) is 26.2. The fraction of sp³-hybridized carbons (Fsp3) is 0.966. The Morgan fingerprint density at radius 1 is 0.385 bits per heavy atom. The molecule has 0 heterocycles. The lowest BCUT2D eigenvalue weighted by atomic mass is 10.0. The molecule has 388 valence electrons. The molecule has 0 aliphatic heterocycles. The van der Waals surface area contributed by atoms with E-state index in [-0.39, 0.29) is 24.9 Å². The van der Waals surface area contributed by atoms with Crippen molar-refractivity contribution in [2.24, 2.45) is 0 Å². The van der Waals surface area contributed by atoms with Gasteiger partial charge in [-0.1, -0.05) is 303 Å². The van der Waals surface area contributed by atoms with Gasteiger partial charge in [0.1, 0.15) is 6.10 Å². The van der Waals surface area contributed by atoms with Gasteiger partial charge in [-0.2, -0.15) is 0 Å². The Morgan fingerprint density at radius 2 is 0.646 bits per heavy atom. The van der Waals surface area contributed by atoms with E-state index in [9.17, 15) is 19.8 Å². The molecular weight excluding hydrogens is 803 g/mol. The molecule has 3 atom stereocenters. The Morgan fingerprint density at radius 3 is 0.938 bits per heavy atom. The Hall–Kier alpha value is -1.14. The van der Waals surface area contributed by atoms with Gasteiger partial charge in [0.25, 0.3) is 0 Å². The third-order valence-electron chi connectivity index (χ3n) is 14.2. The van der Waals surface area contributed by atoms with Crippen LogP contribution < -0.4 is 5.32 Å². The van der Waals surface area contributed by atoms with Crippen molar-refractivity contribution in [3.63, 3.8) is 0 Å². The predicted molar refractivity (Wildman–Crippen MR) is 283 cm³/mol. The molecule has 0 bridgehead atoms. The molecule has 0 radical (unpaired) electrons. The highest BCUT2D eigenvalue weighted by Crippen LogP contribution is 2.19. The van der Waals surface area contributed by atoms with Crippen molar-refractivity contribution in [2.45, 2.75) is 360 Å². The Kier molecular flexibility index (Phi) is 52.9. The molecule has 0 rings (SSSR count). The monoisotopic (exact) mass is 920 g/mol. The van der Waals surface area contributed by atoms with Gasteiger partial charge in [-0.15, -0.1) is 0 Å². The highest BCUT2D eigenvalue weighted by atomic mass is 16.5. The van der Waals surface area contributed by atoms with E-state index in [0.717, 1.165) is 38.5 Å². The molecule has 0 fully saturated rings. The van der Waals surface area contributed by atoms with Crippen molar-refractivity contribution in [2.75, 3.05) is 6.61 Å². The van der Waals surface area contributed by atoms with E-state index in [2.05, 4.69) is 26.1 Å². The van der Waals surface area contributed by atoms with E-state index in [1.165, 1.54) is 257 Å². The lowest BCUT2D eigenvalue weighted by Crippen LogP contribution is -2.46. The second-order valence-electron chi connectivity index (χ2n) is 20.8. The first-order valence-electron chi connectivity index (χ1n) is 29.8. The van der Waals surface area contributed by atoms with Gasteiger partial charge in [-0.3, -0.25) is 9.59 Å². The number of unbranched alkanes of at least 4 members (excludes halogenated alkanes) is 43. The van der Waals surface area contributed by atoms with Crippen LogP contribution in [0.2, 0.25) is 0 Å². The van der Waals surface area contributed by atoms with Crippen molar-refractivity contribution in [1.82, 2.24) is 5.32 Å². The molecule has 0 aromatic rings. The summed E-state index contributed by atoms with van der Waals surface area (Å²) in [5.41, 5.74) is 0. The molecule has 0 aromatic carbocycles. The maximum atomic E-state index is 13.3. The van der Waals surface area contributed by atoms with Crippen LogP contribution in [0.1, 0.15) is 342 Å². The van der Waals surface area contributed by atoms with Gasteiger partial charge in [-0.25, -0.2) is 0 Å². The summed E-state index contributed by atoms with van der Waals surface area (Å²) >= 11 is 0. The van der Waals surface area contributed by atoms with Crippen molar-refractivity contribution < 1.29 is 24.5 Å². The van der Waals surface area contributed by atoms with Crippen LogP contribution in [0.5, 0.6) is 0 Å². The van der Waals surface area contributed by atoms with E-state index in [1.807, 2.05) is 0 Å². The SMILES string of the molecule is CCCCCCCCCCCCCCCCCCCCC(=O)OC(CCCCCCCCCCCCC)CC(=O)NC(CO)C(O)CCCCCCCCCCCCCCCCCCC. The average molecular weight is 921 g/mol. The number of ether oxygens (including phenoxy) is 1. The topological polar surface area (TPSA) is 95.9 Å². The Balaban J connectivity index is 4.37. The zero-order valence-corrected chi connectivity index (χ0v) is 44.4. The molecular formula is C59H117NO5. The van der Waals surface area contributed by atoms with Gasteiger partial charge in [0.2, 0.25) is 5.91 Å². The first-order valence-corrected chi connectivity index (χ1v) is 29.8. The molecule has 6 nitrogen and oxygen atoms in total. The first-order chi connectivity index (χ1) is 32.0. The maximum absolute atomic E-state index is 13.3. The van der Waals surface area contributed by atoms with Gasteiger partial charge in [0.05, 0.1) is 25.2 Å². The average Bonchev–Trinajstić information content (AvgIpc) is 3.30. The number of amides is 1. The first kappa shape index (κ1) is 63.9. The molecule has 0 aliphatic carbocycles.